The summed E-state index contributed by atoms with van der Waals surface area (Å²) in [7, 11) is 1.49. The Bertz CT molecular complexity index is 1110. The van der Waals surface area contributed by atoms with Crippen LogP contribution in [-0.2, 0) is 9.59 Å². The zero-order chi connectivity index (χ0) is 22.7. The molecule has 0 unspecified atom stereocenters. The molecule has 0 aliphatic carbocycles. The molecule has 0 radical (unpaired) electrons. The second-order valence-electron chi connectivity index (χ2n) is 6.27. The van der Waals surface area contributed by atoms with Gasteiger partial charge in [0.1, 0.15) is 5.57 Å². The monoisotopic (exact) mass is 504 g/mol. The Kier molecular flexibility index (Phi) is 6.71. The molecule has 31 heavy (non-hydrogen) atoms. The Labute approximate surface area is 191 Å². The molecular formula is C21H17BrN2O6S. The third kappa shape index (κ3) is 4.59. The molecule has 0 bridgehead atoms. The number of benzene rings is 2. The van der Waals surface area contributed by atoms with Crippen LogP contribution in [0.15, 0.2) is 46.4 Å². The highest BCUT2D eigenvalue weighted by molar-refractivity contribution is 9.10. The fraction of sp³-hybridized carbons (Fsp3) is 0.143. The summed E-state index contributed by atoms with van der Waals surface area (Å²) in [6, 6.07) is 8.91. The van der Waals surface area contributed by atoms with Crippen molar-refractivity contribution in [3.05, 3.63) is 57.6 Å². The Morgan fingerprint density at radius 2 is 1.90 bits per heavy atom. The summed E-state index contributed by atoms with van der Waals surface area (Å²) in [5.74, 6) is -1.43. The number of carbonyl (C=O) groups excluding carboxylic acids is 2. The van der Waals surface area contributed by atoms with Crippen LogP contribution in [-0.4, -0.2) is 41.7 Å². The lowest BCUT2D eigenvalue weighted by Gasteiger charge is -2.29. The number of carboxylic acids is 1. The second kappa shape index (κ2) is 9.27. The number of anilines is 1. The van der Waals surface area contributed by atoms with Crippen LogP contribution in [0.1, 0.15) is 22.8 Å². The van der Waals surface area contributed by atoms with Crippen molar-refractivity contribution < 1.29 is 29.0 Å². The van der Waals surface area contributed by atoms with Gasteiger partial charge >= 0.3 is 5.97 Å². The number of carbonyl (C=O) groups is 3. The van der Waals surface area contributed by atoms with Gasteiger partial charge in [-0.3, -0.25) is 19.8 Å². The lowest BCUT2D eigenvalue weighted by Crippen LogP contribution is -2.54. The van der Waals surface area contributed by atoms with Crippen LogP contribution < -0.4 is 19.7 Å². The van der Waals surface area contributed by atoms with Crippen molar-refractivity contribution in [2.75, 3.05) is 18.6 Å². The molecule has 2 aromatic rings. The number of ether oxygens (including phenoxy) is 2. The highest BCUT2D eigenvalue weighted by Crippen LogP contribution is 2.35. The maximum atomic E-state index is 13.1. The highest BCUT2D eigenvalue weighted by atomic mass is 79.9. The van der Waals surface area contributed by atoms with E-state index in [1.165, 1.54) is 37.5 Å². The smallest absolute Gasteiger partial charge is 0.335 e. The summed E-state index contributed by atoms with van der Waals surface area (Å²) < 4.78 is 11.4. The Morgan fingerprint density at radius 3 is 2.48 bits per heavy atom. The number of halogens is 1. The van der Waals surface area contributed by atoms with Gasteiger partial charge in [0, 0.05) is 4.47 Å². The van der Waals surface area contributed by atoms with Crippen molar-refractivity contribution in [2.24, 2.45) is 0 Å². The lowest BCUT2D eigenvalue weighted by molar-refractivity contribution is -0.122. The first kappa shape index (κ1) is 22.4. The quantitative estimate of drug-likeness (QED) is 0.352. The summed E-state index contributed by atoms with van der Waals surface area (Å²) in [5, 5.41) is 11.4. The molecule has 1 fully saturated rings. The largest absolute Gasteiger partial charge is 0.493 e. The number of nitrogens with one attached hydrogen (secondary N) is 1. The van der Waals surface area contributed by atoms with Crippen LogP contribution in [0.5, 0.6) is 11.5 Å². The number of aromatic carboxylic acids is 1. The predicted octanol–water partition coefficient (Wildman–Crippen LogP) is 3.39. The lowest BCUT2D eigenvalue weighted by atomic mass is 10.1. The average molecular weight is 505 g/mol. The zero-order valence-corrected chi connectivity index (χ0v) is 18.9. The van der Waals surface area contributed by atoms with Gasteiger partial charge < -0.3 is 14.6 Å². The summed E-state index contributed by atoms with van der Waals surface area (Å²) in [4.78, 5) is 37.8. The van der Waals surface area contributed by atoms with E-state index < -0.39 is 17.8 Å². The number of rotatable bonds is 6. The van der Waals surface area contributed by atoms with E-state index in [1.807, 2.05) is 6.92 Å². The van der Waals surface area contributed by atoms with Crippen LogP contribution in [0.2, 0.25) is 0 Å². The van der Waals surface area contributed by atoms with Crippen molar-refractivity contribution in [1.29, 1.82) is 0 Å². The van der Waals surface area contributed by atoms with Gasteiger partial charge in [-0.05, 0) is 67.2 Å². The summed E-state index contributed by atoms with van der Waals surface area (Å²) in [5.41, 5.74) is 0.759. The summed E-state index contributed by atoms with van der Waals surface area (Å²) >= 11 is 8.58. The first-order valence-corrected chi connectivity index (χ1v) is 10.2. The molecule has 1 heterocycles. The predicted molar refractivity (Wildman–Crippen MR) is 121 cm³/mol. The van der Waals surface area contributed by atoms with Crippen LogP contribution in [0.25, 0.3) is 6.08 Å². The maximum absolute atomic E-state index is 13.1. The molecule has 0 aromatic heterocycles. The topological polar surface area (TPSA) is 105 Å². The van der Waals surface area contributed by atoms with Crippen molar-refractivity contribution in [1.82, 2.24) is 5.32 Å². The van der Waals surface area contributed by atoms with Crippen molar-refractivity contribution in [2.45, 2.75) is 6.92 Å². The third-order valence-electron chi connectivity index (χ3n) is 4.36. The molecule has 1 aliphatic rings. The Balaban J connectivity index is 2.02. The van der Waals surface area contributed by atoms with E-state index in [9.17, 15) is 14.4 Å². The van der Waals surface area contributed by atoms with E-state index in [0.29, 0.717) is 33.8 Å². The van der Waals surface area contributed by atoms with Gasteiger partial charge in [-0.25, -0.2) is 4.79 Å². The molecule has 8 nitrogen and oxygen atoms in total. The molecule has 0 atom stereocenters. The van der Waals surface area contributed by atoms with Crippen molar-refractivity contribution in [3.8, 4) is 11.5 Å². The van der Waals surface area contributed by atoms with Crippen molar-refractivity contribution >= 4 is 62.8 Å². The molecule has 1 saturated heterocycles. The van der Waals surface area contributed by atoms with Crippen LogP contribution in [0.4, 0.5) is 5.69 Å². The van der Waals surface area contributed by atoms with E-state index in [-0.39, 0.29) is 16.2 Å². The molecule has 0 spiro atoms. The number of methoxy groups -OCH3 is 1. The molecule has 2 N–H and O–H groups in total. The van der Waals surface area contributed by atoms with Gasteiger partial charge in [0.2, 0.25) is 0 Å². The molecular weight excluding hydrogens is 488 g/mol. The minimum Gasteiger partial charge on any atom is -0.493 e. The maximum Gasteiger partial charge on any atom is 0.335 e. The molecule has 3 rings (SSSR count). The van der Waals surface area contributed by atoms with Crippen molar-refractivity contribution in [3.63, 3.8) is 0 Å². The number of hydrogen-bond donors (Lipinski definition) is 2. The third-order valence-corrected chi connectivity index (χ3v) is 5.33. The van der Waals surface area contributed by atoms with E-state index in [4.69, 9.17) is 26.8 Å². The minimum absolute atomic E-state index is 0.0596. The van der Waals surface area contributed by atoms with E-state index in [2.05, 4.69) is 21.2 Å². The van der Waals surface area contributed by atoms with Gasteiger partial charge in [0.25, 0.3) is 11.8 Å². The number of amides is 2. The fourth-order valence-corrected chi connectivity index (χ4v) is 3.61. The van der Waals surface area contributed by atoms with Gasteiger partial charge in [-0.1, -0.05) is 15.9 Å². The second-order valence-corrected chi connectivity index (χ2v) is 7.51. The van der Waals surface area contributed by atoms with Crippen LogP contribution in [0.3, 0.4) is 0 Å². The van der Waals surface area contributed by atoms with Gasteiger partial charge in [-0.2, -0.15) is 0 Å². The molecule has 2 amide bonds. The summed E-state index contributed by atoms with van der Waals surface area (Å²) in [6.45, 7) is 2.28. The molecule has 0 saturated carbocycles. The Morgan fingerprint density at radius 1 is 1.23 bits per heavy atom. The van der Waals surface area contributed by atoms with E-state index in [1.54, 1.807) is 12.1 Å². The number of hydrogen-bond acceptors (Lipinski definition) is 6. The normalized spacial score (nSPS) is 15.1. The average Bonchev–Trinajstić information content (AvgIpc) is 2.73. The van der Waals surface area contributed by atoms with Gasteiger partial charge in [0.05, 0.1) is 25.0 Å². The first-order chi connectivity index (χ1) is 14.8. The number of carboxylic acid groups (broad SMARTS) is 1. The minimum atomic E-state index is -1.10. The molecule has 10 heteroatoms. The Hall–Kier alpha value is -3.24. The van der Waals surface area contributed by atoms with E-state index >= 15 is 0 Å². The van der Waals surface area contributed by atoms with Gasteiger partial charge in [0.15, 0.2) is 16.6 Å². The fourth-order valence-electron chi connectivity index (χ4n) is 2.89. The number of thiocarbonyl (C=S) groups is 1. The SMILES string of the molecule is CCOc1cc(Br)c(/C=C2\C(=O)NC(=S)N(c3ccc(C(=O)O)cc3)C2=O)cc1OC. The van der Waals surface area contributed by atoms with Gasteiger partial charge in [-0.15, -0.1) is 0 Å². The highest BCUT2D eigenvalue weighted by Gasteiger charge is 2.34. The van der Waals surface area contributed by atoms with Crippen LogP contribution in [0, 0.1) is 0 Å². The summed E-state index contributed by atoms with van der Waals surface area (Å²) in [6.07, 6.45) is 1.42. The first-order valence-electron chi connectivity index (χ1n) is 9.02. The zero-order valence-electron chi connectivity index (χ0n) is 16.5. The molecule has 2 aromatic carbocycles. The van der Waals surface area contributed by atoms with E-state index in [0.717, 1.165) is 4.90 Å². The standard InChI is InChI=1S/C21H17BrN2O6S/c1-3-30-17-10-15(22)12(9-16(17)29-2)8-14-18(25)23-21(31)24(19(14)26)13-6-4-11(5-7-13)20(27)28/h4-10H,3H2,1-2H3,(H,27,28)(H,23,25,31)/b14-8+. The van der Waals surface area contributed by atoms with Crippen LogP contribution >= 0.6 is 28.1 Å². The number of nitrogens with zero attached hydrogens (tertiary/aromatic N) is 1. The molecule has 160 valence electrons. The molecule has 1 aliphatic heterocycles.